The number of fused-ring (bicyclic) bond motifs is 10. The first-order chi connectivity index (χ1) is 30.7. The van der Waals surface area contributed by atoms with Crippen molar-refractivity contribution < 1.29 is 4.74 Å². The second-order valence-corrected chi connectivity index (χ2v) is 15.9. The average Bonchev–Trinajstić information content (AvgIpc) is 3.65. The molecule has 288 valence electrons. The number of para-hydroxylation sites is 2. The fourth-order valence-electron chi connectivity index (χ4n) is 9.97. The first-order valence-corrected chi connectivity index (χ1v) is 20.9. The summed E-state index contributed by atoms with van der Waals surface area (Å²) in [5.74, 6) is 2.36. The maximum Gasteiger partial charge on any atom is 0.160 e. The molecule has 0 saturated carbocycles. The van der Waals surface area contributed by atoms with E-state index in [0.29, 0.717) is 11.4 Å². The highest BCUT2D eigenvalue weighted by atomic mass is 16.5. The van der Waals surface area contributed by atoms with E-state index in [1.807, 2.05) is 48.5 Å². The molecule has 4 nitrogen and oxygen atoms in total. The van der Waals surface area contributed by atoms with Gasteiger partial charge in [-0.3, -0.25) is 0 Å². The summed E-state index contributed by atoms with van der Waals surface area (Å²) in [6, 6.07) is 76.6. The van der Waals surface area contributed by atoms with Crippen LogP contribution in [0.4, 0.5) is 0 Å². The Morgan fingerprint density at radius 1 is 0.403 bits per heavy atom. The molecule has 2 heterocycles. The Labute approximate surface area is 359 Å². The second kappa shape index (κ2) is 14.1. The van der Waals surface area contributed by atoms with Crippen molar-refractivity contribution in [3.05, 3.63) is 240 Å². The zero-order valence-corrected chi connectivity index (χ0v) is 33.5. The molecule has 9 aromatic carbocycles. The minimum absolute atomic E-state index is 0.644. The standard InChI is InChI=1S/C58H35N3O/c59-36-37-29-31-38(32-30-37)41-33-34-44(43-20-8-7-19-42(41)43)45-22-13-27-51-56(45)62-54-28-12-11-25-49(54)58(51)48-24-10-9-21-46(48)55-47(23-14-26-50(55)58)53-35-52(39-15-3-1-4-16-39)60-57(61-53)40-17-5-2-6-18-40/h1-35H. The maximum atomic E-state index is 9.47. The van der Waals surface area contributed by atoms with Gasteiger partial charge in [-0.15, -0.1) is 0 Å². The summed E-state index contributed by atoms with van der Waals surface area (Å²) < 4.78 is 7.16. The summed E-state index contributed by atoms with van der Waals surface area (Å²) in [6.07, 6.45) is 0. The number of rotatable bonds is 5. The Balaban J connectivity index is 1.11. The number of ether oxygens (including phenoxy) is 1. The quantitative estimate of drug-likeness (QED) is 0.174. The molecule has 0 fully saturated rings. The predicted octanol–water partition coefficient (Wildman–Crippen LogP) is 14.3. The van der Waals surface area contributed by atoms with Crippen LogP contribution in [0.1, 0.15) is 27.8 Å². The van der Waals surface area contributed by atoms with Gasteiger partial charge in [0.25, 0.3) is 0 Å². The van der Waals surface area contributed by atoms with Crippen molar-refractivity contribution in [1.29, 1.82) is 5.26 Å². The van der Waals surface area contributed by atoms with Crippen molar-refractivity contribution in [1.82, 2.24) is 9.97 Å². The van der Waals surface area contributed by atoms with Gasteiger partial charge in [-0.25, -0.2) is 9.97 Å². The molecule has 1 spiro atoms. The molecule has 0 bridgehead atoms. The molecular weight excluding hydrogens is 755 g/mol. The smallest absolute Gasteiger partial charge is 0.160 e. The molecule has 2 aliphatic rings. The van der Waals surface area contributed by atoms with Crippen LogP contribution in [0.3, 0.4) is 0 Å². The van der Waals surface area contributed by atoms with Gasteiger partial charge in [0.15, 0.2) is 5.82 Å². The molecule has 0 radical (unpaired) electrons. The van der Waals surface area contributed by atoms with Gasteiger partial charge in [0.2, 0.25) is 0 Å². The van der Waals surface area contributed by atoms with Crippen LogP contribution in [0.15, 0.2) is 212 Å². The molecule has 0 saturated heterocycles. The van der Waals surface area contributed by atoms with Gasteiger partial charge in [0.05, 0.1) is 28.4 Å². The van der Waals surface area contributed by atoms with E-state index in [4.69, 9.17) is 14.7 Å². The Kier molecular flexibility index (Phi) is 8.10. The monoisotopic (exact) mass is 789 g/mol. The molecule has 1 unspecified atom stereocenters. The van der Waals surface area contributed by atoms with Crippen molar-refractivity contribution in [3.63, 3.8) is 0 Å². The van der Waals surface area contributed by atoms with Gasteiger partial charge in [0, 0.05) is 33.4 Å². The van der Waals surface area contributed by atoms with E-state index in [-0.39, 0.29) is 0 Å². The lowest BCUT2D eigenvalue weighted by atomic mass is 9.65. The SMILES string of the molecule is N#Cc1ccc(-c2ccc(-c3cccc4c3Oc3ccccc3C43c4ccccc4-c4c(-c5cc(-c6ccccc6)nc(-c6ccccc6)n5)cccc43)c3ccccc23)cc1. The number of benzene rings is 9. The molecule has 1 aromatic heterocycles. The third kappa shape index (κ3) is 5.32. The first-order valence-electron chi connectivity index (χ1n) is 20.9. The highest BCUT2D eigenvalue weighted by Crippen LogP contribution is 2.64. The van der Waals surface area contributed by atoms with Crippen molar-refractivity contribution >= 4 is 10.8 Å². The van der Waals surface area contributed by atoms with Crippen LogP contribution in [0.2, 0.25) is 0 Å². The van der Waals surface area contributed by atoms with Gasteiger partial charge in [-0.2, -0.15) is 5.26 Å². The third-order valence-electron chi connectivity index (χ3n) is 12.6. The van der Waals surface area contributed by atoms with Crippen LogP contribution in [-0.2, 0) is 5.41 Å². The number of hydrogen-bond donors (Lipinski definition) is 0. The summed E-state index contributed by atoms with van der Waals surface area (Å²) in [5, 5.41) is 11.7. The lowest BCUT2D eigenvalue weighted by Crippen LogP contribution is -2.32. The van der Waals surface area contributed by atoms with Gasteiger partial charge in [-0.05, 0) is 74.0 Å². The fraction of sp³-hybridized carbons (Fsp3) is 0.0172. The zero-order valence-electron chi connectivity index (χ0n) is 33.5. The van der Waals surface area contributed by atoms with Crippen LogP contribution in [0.5, 0.6) is 11.5 Å². The van der Waals surface area contributed by atoms with Crippen molar-refractivity contribution in [2.45, 2.75) is 5.41 Å². The van der Waals surface area contributed by atoms with Crippen molar-refractivity contribution in [2.75, 3.05) is 0 Å². The Hall–Kier alpha value is -8.39. The molecule has 12 rings (SSSR count). The largest absolute Gasteiger partial charge is 0.456 e. The fourth-order valence-corrected chi connectivity index (χ4v) is 9.97. The lowest BCUT2D eigenvalue weighted by molar-refractivity contribution is 0.438. The molecular formula is C58H35N3O. The van der Waals surface area contributed by atoms with Gasteiger partial charge < -0.3 is 4.74 Å². The van der Waals surface area contributed by atoms with Gasteiger partial charge in [-0.1, -0.05) is 188 Å². The number of aromatic nitrogens is 2. The lowest BCUT2D eigenvalue weighted by Gasteiger charge is -2.40. The van der Waals surface area contributed by atoms with E-state index >= 15 is 0 Å². The number of nitrogens with zero attached hydrogens (tertiary/aromatic N) is 3. The Morgan fingerprint density at radius 2 is 0.984 bits per heavy atom. The highest BCUT2D eigenvalue weighted by Gasteiger charge is 2.52. The maximum absolute atomic E-state index is 9.47. The Bertz CT molecular complexity index is 3390. The highest BCUT2D eigenvalue weighted by molar-refractivity contribution is 6.06. The van der Waals surface area contributed by atoms with Crippen molar-refractivity contribution in [3.8, 4) is 84.9 Å². The molecule has 4 heteroatoms. The molecule has 0 N–H and O–H groups in total. The van der Waals surface area contributed by atoms with E-state index in [1.54, 1.807) is 0 Å². The summed E-state index contributed by atoms with van der Waals surface area (Å²) in [6.45, 7) is 0. The summed E-state index contributed by atoms with van der Waals surface area (Å²) in [7, 11) is 0. The van der Waals surface area contributed by atoms with Gasteiger partial charge >= 0.3 is 0 Å². The van der Waals surface area contributed by atoms with Gasteiger partial charge in [0.1, 0.15) is 11.5 Å². The van der Waals surface area contributed by atoms with E-state index < -0.39 is 5.41 Å². The van der Waals surface area contributed by atoms with E-state index in [2.05, 4.69) is 170 Å². The van der Waals surface area contributed by atoms with Crippen LogP contribution in [-0.4, -0.2) is 9.97 Å². The van der Waals surface area contributed by atoms with E-state index in [9.17, 15) is 5.26 Å². The minimum atomic E-state index is -0.697. The number of hydrogen-bond acceptors (Lipinski definition) is 4. The molecule has 1 aliphatic carbocycles. The normalized spacial score (nSPS) is 14.3. The third-order valence-corrected chi connectivity index (χ3v) is 12.6. The first kappa shape index (κ1) is 35.5. The van der Waals surface area contributed by atoms with E-state index in [0.717, 1.165) is 89.3 Å². The van der Waals surface area contributed by atoms with Crippen LogP contribution in [0, 0.1) is 11.3 Å². The van der Waals surface area contributed by atoms with Crippen LogP contribution >= 0.6 is 0 Å². The summed E-state index contributed by atoms with van der Waals surface area (Å²) >= 11 is 0. The zero-order chi connectivity index (χ0) is 41.2. The van der Waals surface area contributed by atoms with Crippen molar-refractivity contribution in [2.24, 2.45) is 0 Å². The van der Waals surface area contributed by atoms with Crippen LogP contribution in [0.25, 0.3) is 78.1 Å². The molecule has 10 aromatic rings. The molecule has 0 amide bonds. The van der Waals surface area contributed by atoms with Crippen LogP contribution < -0.4 is 4.74 Å². The molecule has 1 aliphatic heterocycles. The number of nitriles is 1. The van der Waals surface area contributed by atoms with E-state index in [1.165, 1.54) is 16.7 Å². The molecule has 1 atom stereocenters. The predicted molar refractivity (Wildman–Crippen MR) is 249 cm³/mol. The Morgan fingerprint density at radius 3 is 1.76 bits per heavy atom. The summed E-state index contributed by atoms with van der Waals surface area (Å²) in [4.78, 5) is 10.5. The average molecular weight is 790 g/mol. The summed E-state index contributed by atoms with van der Waals surface area (Å²) in [5.41, 5.74) is 16.0. The molecule has 62 heavy (non-hydrogen) atoms. The topological polar surface area (TPSA) is 58.8 Å². The minimum Gasteiger partial charge on any atom is -0.456 e. The second-order valence-electron chi connectivity index (χ2n) is 15.9.